The van der Waals surface area contributed by atoms with E-state index >= 15 is 0 Å². The van der Waals surface area contributed by atoms with E-state index in [1.807, 2.05) is 23.1 Å². The largest absolute Gasteiger partial charge is 0.493 e. The number of rotatable bonds is 7. The number of anilines is 1. The molecular formula is C26H34N6O4. The Bertz CT molecular complexity index is 1250. The van der Waals surface area contributed by atoms with Gasteiger partial charge < -0.3 is 29.2 Å². The number of nitrogens with zero attached hydrogens (tertiary/aromatic N) is 5. The molecule has 2 aromatic carbocycles. The van der Waals surface area contributed by atoms with Gasteiger partial charge in [0.2, 0.25) is 0 Å². The van der Waals surface area contributed by atoms with Gasteiger partial charge in [0, 0.05) is 64.1 Å². The minimum Gasteiger partial charge on any atom is -0.493 e. The predicted molar refractivity (Wildman–Crippen MR) is 139 cm³/mol. The molecule has 4 rings (SSSR count). The summed E-state index contributed by atoms with van der Waals surface area (Å²) in [5, 5.41) is 2.95. The smallest absolute Gasteiger partial charge is 0.321 e. The molecule has 0 aliphatic carbocycles. The van der Waals surface area contributed by atoms with Crippen LogP contribution in [0.1, 0.15) is 23.1 Å². The summed E-state index contributed by atoms with van der Waals surface area (Å²) in [6, 6.07) is 10.9. The molecule has 1 aromatic heterocycles. The van der Waals surface area contributed by atoms with Crippen molar-refractivity contribution < 1.29 is 19.1 Å². The lowest BCUT2D eigenvalue weighted by Crippen LogP contribution is -2.49. The number of fused-ring (bicyclic) bond motifs is 1. The van der Waals surface area contributed by atoms with Gasteiger partial charge in [-0.3, -0.25) is 9.69 Å². The Hall–Kier alpha value is -3.79. The van der Waals surface area contributed by atoms with Crippen LogP contribution in [0.4, 0.5) is 10.5 Å². The van der Waals surface area contributed by atoms with Gasteiger partial charge in [-0.15, -0.1) is 0 Å². The lowest BCUT2D eigenvalue weighted by atomic mass is 10.2. The summed E-state index contributed by atoms with van der Waals surface area (Å²) in [4.78, 5) is 35.7. The van der Waals surface area contributed by atoms with E-state index in [1.54, 1.807) is 51.4 Å². The second kappa shape index (κ2) is 10.9. The Balaban J connectivity index is 1.39. The molecule has 0 unspecified atom stereocenters. The summed E-state index contributed by atoms with van der Waals surface area (Å²) < 4.78 is 12.8. The predicted octanol–water partition coefficient (Wildman–Crippen LogP) is 3.12. The van der Waals surface area contributed by atoms with Crippen molar-refractivity contribution in [2.45, 2.75) is 20.0 Å². The third-order valence-electron chi connectivity index (χ3n) is 6.46. The van der Waals surface area contributed by atoms with Crippen LogP contribution in [-0.4, -0.2) is 90.7 Å². The zero-order chi connectivity index (χ0) is 25.8. The summed E-state index contributed by atoms with van der Waals surface area (Å²) in [5.74, 6) is 2.11. The molecule has 10 heteroatoms. The number of imidazole rings is 1. The highest BCUT2D eigenvalue weighted by Crippen LogP contribution is 2.30. The number of benzene rings is 2. The average Bonchev–Trinajstić information content (AvgIpc) is 3.24. The molecule has 0 radical (unpaired) electrons. The van der Waals surface area contributed by atoms with Crippen LogP contribution in [0.25, 0.3) is 11.0 Å². The van der Waals surface area contributed by atoms with Gasteiger partial charge >= 0.3 is 6.03 Å². The third-order valence-corrected chi connectivity index (χ3v) is 6.46. The maximum Gasteiger partial charge on any atom is 0.321 e. The molecule has 1 N–H and O–H groups in total. The molecule has 1 aliphatic heterocycles. The molecule has 192 valence electrons. The van der Waals surface area contributed by atoms with Crippen molar-refractivity contribution in [3.8, 4) is 11.5 Å². The Morgan fingerprint density at radius 2 is 1.72 bits per heavy atom. The summed E-state index contributed by atoms with van der Waals surface area (Å²) in [6.07, 6.45) is 0. The second-order valence-corrected chi connectivity index (χ2v) is 8.94. The van der Waals surface area contributed by atoms with Crippen LogP contribution in [0, 0.1) is 0 Å². The molecular weight excluding hydrogens is 460 g/mol. The van der Waals surface area contributed by atoms with E-state index in [9.17, 15) is 9.59 Å². The van der Waals surface area contributed by atoms with E-state index in [0.29, 0.717) is 42.4 Å². The number of nitrogens with one attached hydrogen (secondary N) is 1. The molecule has 0 atom stereocenters. The van der Waals surface area contributed by atoms with Gasteiger partial charge in [-0.2, -0.15) is 0 Å². The normalized spacial score (nSPS) is 14.1. The third kappa shape index (κ3) is 5.23. The maximum absolute atomic E-state index is 12.8. The van der Waals surface area contributed by atoms with Crippen molar-refractivity contribution in [2.24, 2.45) is 0 Å². The number of carbonyl (C=O) groups excluding carboxylic acids is 2. The van der Waals surface area contributed by atoms with E-state index < -0.39 is 0 Å². The number of ether oxygens (including phenoxy) is 2. The zero-order valence-electron chi connectivity index (χ0n) is 21.6. The fraction of sp³-hybridized carbons (Fsp3) is 0.423. The number of amides is 3. The zero-order valence-corrected chi connectivity index (χ0v) is 21.6. The van der Waals surface area contributed by atoms with Gasteiger partial charge in [0.05, 0.1) is 31.8 Å². The Morgan fingerprint density at radius 1 is 1.00 bits per heavy atom. The summed E-state index contributed by atoms with van der Waals surface area (Å²) in [7, 11) is 6.64. The molecule has 0 bridgehead atoms. The average molecular weight is 495 g/mol. The van der Waals surface area contributed by atoms with Gasteiger partial charge in [-0.25, -0.2) is 9.78 Å². The van der Waals surface area contributed by atoms with E-state index in [4.69, 9.17) is 14.5 Å². The van der Waals surface area contributed by atoms with Gasteiger partial charge in [-0.05, 0) is 37.3 Å². The molecule has 1 aliphatic rings. The van der Waals surface area contributed by atoms with Crippen LogP contribution < -0.4 is 14.8 Å². The minimum absolute atomic E-state index is 0.0352. The number of piperazine rings is 1. The Morgan fingerprint density at radius 3 is 2.36 bits per heavy atom. The molecule has 2 heterocycles. The summed E-state index contributed by atoms with van der Waals surface area (Å²) >= 11 is 0. The Kier molecular flexibility index (Phi) is 7.64. The first-order valence-electron chi connectivity index (χ1n) is 12.1. The molecule has 0 saturated carbocycles. The van der Waals surface area contributed by atoms with Crippen molar-refractivity contribution >= 4 is 28.7 Å². The van der Waals surface area contributed by atoms with Gasteiger partial charge in [-0.1, -0.05) is 0 Å². The van der Waals surface area contributed by atoms with Crippen LogP contribution in [0.3, 0.4) is 0 Å². The van der Waals surface area contributed by atoms with Crippen molar-refractivity contribution in [1.29, 1.82) is 0 Å². The highest BCUT2D eigenvalue weighted by molar-refractivity contribution is 5.97. The van der Waals surface area contributed by atoms with Crippen molar-refractivity contribution in [3.05, 3.63) is 47.8 Å². The topological polar surface area (TPSA) is 92.2 Å². The quantitative estimate of drug-likeness (QED) is 0.543. The fourth-order valence-electron chi connectivity index (χ4n) is 4.47. The molecule has 3 amide bonds. The van der Waals surface area contributed by atoms with Crippen LogP contribution in [-0.2, 0) is 13.1 Å². The standard InChI is InChI=1S/C26H34N6O4/c1-6-32-21-9-7-18(25(33)29(2)3)15-20(21)28-24(32)17-30-11-13-31(14-12-30)26(34)27-19-8-10-22(35-4)23(16-19)36-5/h7-10,15-16H,6,11-14,17H2,1-5H3,(H,27,34). The number of hydrogen-bond acceptors (Lipinski definition) is 6. The van der Waals surface area contributed by atoms with Crippen LogP contribution >= 0.6 is 0 Å². The molecule has 1 saturated heterocycles. The lowest BCUT2D eigenvalue weighted by Gasteiger charge is -2.34. The molecule has 0 spiro atoms. The summed E-state index contributed by atoms with van der Waals surface area (Å²) in [5.41, 5.74) is 3.14. The van der Waals surface area contributed by atoms with Crippen molar-refractivity contribution in [3.63, 3.8) is 0 Å². The minimum atomic E-state index is -0.138. The first kappa shape index (κ1) is 25.3. The van der Waals surface area contributed by atoms with Gasteiger partial charge in [0.15, 0.2) is 11.5 Å². The maximum atomic E-state index is 12.8. The second-order valence-electron chi connectivity index (χ2n) is 8.94. The SMILES string of the molecule is CCn1c(CN2CCN(C(=O)Nc3ccc(OC)c(OC)c3)CC2)nc2cc(C(=O)N(C)C)ccc21. The van der Waals surface area contributed by atoms with Crippen molar-refractivity contribution in [1.82, 2.24) is 24.3 Å². The van der Waals surface area contributed by atoms with Gasteiger partial charge in [0.1, 0.15) is 5.82 Å². The number of aryl methyl sites for hydroxylation is 1. The number of urea groups is 1. The highest BCUT2D eigenvalue weighted by atomic mass is 16.5. The first-order valence-corrected chi connectivity index (χ1v) is 12.1. The van der Waals surface area contributed by atoms with Crippen LogP contribution in [0.15, 0.2) is 36.4 Å². The highest BCUT2D eigenvalue weighted by Gasteiger charge is 2.23. The fourth-order valence-corrected chi connectivity index (χ4v) is 4.47. The lowest BCUT2D eigenvalue weighted by molar-refractivity contribution is 0.0827. The molecule has 36 heavy (non-hydrogen) atoms. The molecule has 3 aromatic rings. The van der Waals surface area contributed by atoms with Crippen LogP contribution in [0.5, 0.6) is 11.5 Å². The van der Waals surface area contributed by atoms with E-state index in [2.05, 4.69) is 21.7 Å². The number of aromatic nitrogens is 2. The number of hydrogen-bond donors (Lipinski definition) is 1. The first-order chi connectivity index (χ1) is 17.3. The summed E-state index contributed by atoms with van der Waals surface area (Å²) in [6.45, 7) is 6.30. The molecule has 10 nitrogen and oxygen atoms in total. The van der Waals surface area contributed by atoms with E-state index in [1.165, 1.54) is 0 Å². The number of methoxy groups -OCH3 is 2. The monoisotopic (exact) mass is 494 g/mol. The number of carbonyl (C=O) groups is 2. The Labute approximate surface area is 211 Å². The van der Waals surface area contributed by atoms with Gasteiger partial charge in [0.25, 0.3) is 5.91 Å². The van der Waals surface area contributed by atoms with E-state index in [-0.39, 0.29) is 11.9 Å². The van der Waals surface area contributed by atoms with Crippen LogP contribution in [0.2, 0.25) is 0 Å². The van der Waals surface area contributed by atoms with E-state index in [0.717, 1.165) is 36.5 Å². The molecule has 1 fully saturated rings. The van der Waals surface area contributed by atoms with Crippen molar-refractivity contribution in [2.75, 3.05) is 59.8 Å².